The Kier molecular flexibility index (Phi) is 4.45. The summed E-state index contributed by atoms with van der Waals surface area (Å²) in [5.74, 6) is 0.509. The van der Waals surface area contributed by atoms with Crippen molar-refractivity contribution in [2.24, 2.45) is 5.92 Å². The van der Waals surface area contributed by atoms with E-state index in [1.165, 1.54) is 0 Å². The lowest BCUT2D eigenvalue weighted by molar-refractivity contribution is 0.0676. The summed E-state index contributed by atoms with van der Waals surface area (Å²) in [5, 5.41) is 3.41. The number of morpholine rings is 1. The first-order chi connectivity index (χ1) is 8.63. The van der Waals surface area contributed by atoms with Crippen LogP contribution in [-0.2, 0) is 4.74 Å². The van der Waals surface area contributed by atoms with Crippen molar-refractivity contribution in [1.29, 1.82) is 0 Å². The second-order valence-corrected chi connectivity index (χ2v) is 5.51. The van der Waals surface area contributed by atoms with Gasteiger partial charge in [0.15, 0.2) is 0 Å². The molecular weight excluding hydrogens is 230 g/mol. The molecule has 0 aromatic heterocycles. The molecule has 2 aliphatic heterocycles. The predicted octanol–water partition coefficient (Wildman–Crippen LogP) is 0.757. The Hall–Kier alpha value is -0.810. The van der Waals surface area contributed by atoms with Gasteiger partial charge in [0, 0.05) is 32.2 Å². The van der Waals surface area contributed by atoms with Gasteiger partial charge in [-0.2, -0.15) is 0 Å². The predicted molar refractivity (Wildman–Crippen MR) is 70.6 cm³/mol. The van der Waals surface area contributed by atoms with Crippen molar-refractivity contribution in [3.8, 4) is 0 Å². The SMILES string of the molecule is CCN1C(=O)N(CC2COCCN2)CC1C(C)C. The third kappa shape index (κ3) is 2.78. The van der Waals surface area contributed by atoms with Gasteiger partial charge in [-0.1, -0.05) is 13.8 Å². The Balaban J connectivity index is 1.94. The monoisotopic (exact) mass is 255 g/mol. The lowest BCUT2D eigenvalue weighted by Crippen LogP contribution is -2.49. The lowest BCUT2D eigenvalue weighted by atomic mass is 10.0. The van der Waals surface area contributed by atoms with Gasteiger partial charge < -0.3 is 19.9 Å². The molecule has 2 saturated heterocycles. The zero-order valence-electron chi connectivity index (χ0n) is 11.7. The minimum atomic E-state index is 0.184. The first-order valence-corrected chi connectivity index (χ1v) is 7.00. The molecule has 0 saturated carbocycles. The number of amides is 2. The number of urea groups is 1. The van der Waals surface area contributed by atoms with Crippen LogP contribution in [0.25, 0.3) is 0 Å². The van der Waals surface area contributed by atoms with E-state index in [2.05, 4.69) is 26.1 Å². The summed E-state index contributed by atoms with van der Waals surface area (Å²) >= 11 is 0. The smallest absolute Gasteiger partial charge is 0.320 e. The number of rotatable bonds is 4. The van der Waals surface area contributed by atoms with Crippen LogP contribution in [0.3, 0.4) is 0 Å². The average Bonchev–Trinajstić information content (AvgIpc) is 2.68. The molecule has 0 spiro atoms. The van der Waals surface area contributed by atoms with Gasteiger partial charge in [0.1, 0.15) is 0 Å². The number of carbonyl (C=O) groups excluding carboxylic acids is 1. The van der Waals surface area contributed by atoms with E-state index in [4.69, 9.17) is 4.74 Å². The highest BCUT2D eigenvalue weighted by molar-refractivity contribution is 5.77. The molecule has 2 fully saturated rings. The number of hydrogen-bond donors (Lipinski definition) is 1. The van der Waals surface area contributed by atoms with Crippen LogP contribution in [0.1, 0.15) is 20.8 Å². The second kappa shape index (κ2) is 5.89. The molecule has 5 heteroatoms. The van der Waals surface area contributed by atoms with Crippen LogP contribution >= 0.6 is 0 Å². The molecule has 2 amide bonds. The Labute approximate surface area is 109 Å². The summed E-state index contributed by atoms with van der Waals surface area (Å²) in [7, 11) is 0. The first-order valence-electron chi connectivity index (χ1n) is 7.00. The first kappa shape index (κ1) is 13.6. The summed E-state index contributed by atoms with van der Waals surface area (Å²) in [6.07, 6.45) is 0. The molecule has 2 rings (SSSR count). The molecule has 2 heterocycles. The second-order valence-electron chi connectivity index (χ2n) is 5.51. The highest BCUT2D eigenvalue weighted by Crippen LogP contribution is 2.22. The molecule has 0 aromatic rings. The van der Waals surface area contributed by atoms with Crippen molar-refractivity contribution in [3.05, 3.63) is 0 Å². The molecule has 0 bridgehead atoms. The molecule has 0 radical (unpaired) electrons. The quantitative estimate of drug-likeness (QED) is 0.806. The normalized spacial score (nSPS) is 29.4. The van der Waals surface area contributed by atoms with Gasteiger partial charge in [0.25, 0.3) is 0 Å². The van der Waals surface area contributed by atoms with Gasteiger partial charge in [-0.3, -0.25) is 0 Å². The van der Waals surface area contributed by atoms with Crippen LogP contribution < -0.4 is 5.32 Å². The highest BCUT2D eigenvalue weighted by atomic mass is 16.5. The molecule has 0 aliphatic carbocycles. The van der Waals surface area contributed by atoms with E-state index in [9.17, 15) is 4.79 Å². The van der Waals surface area contributed by atoms with Crippen LogP contribution in [0.15, 0.2) is 0 Å². The van der Waals surface area contributed by atoms with Crippen LogP contribution in [-0.4, -0.2) is 67.3 Å². The lowest BCUT2D eigenvalue weighted by Gasteiger charge is -2.27. The topological polar surface area (TPSA) is 44.8 Å². The van der Waals surface area contributed by atoms with Gasteiger partial charge >= 0.3 is 6.03 Å². The van der Waals surface area contributed by atoms with Crippen molar-refractivity contribution in [2.75, 3.05) is 39.4 Å². The van der Waals surface area contributed by atoms with E-state index in [1.54, 1.807) is 0 Å². The van der Waals surface area contributed by atoms with Crippen molar-refractivity contribution < 1.29 is 9.53 Å². The number of nitrogens with zero attached hydrogens (tertiary/aromatic N) is 2. The molecule has 0 aromatic carbocycles. The van der Waals surface area contributed by atoms with Gasteiger partial charge in [0.05, 0.1) is 19.3 Å². The number of ether oxygens (including phenoxy) is 1. The Morgan fingerprint density at radius 1 is 1.50 bits per heavy atom. The average molecular weight is 255 g/mol. The minimum Gasteiger partial charge on any atom is -0.378 e. The summed E-state index contributed by atoms with van der Waals surface area (Å²) in [6.45, 7) is 11.2. The van der Waals surface area contributed by atoms with Gasteiger partial charge in [-0.05, 0) is 12.8 Å². The largest absolute Gasteiger partial charge is 0.378 e. The fourth-order valence-electron chi connectivity index (χ4n) is 2.82. The highest BCUT2D eigenvalue weighted by Gasteiger charge is 2.38. The molecule has 104 valence electrons. The van der Waals surface area contributed by atoms with Crippen molar-refractivity contribution in [2.45, 2.75) is 32.9 Å². The van der Waals surface area contributed by atoms with E-state index in [-0.39, 0.29) is 12.1 Å². The minimum absolute atomic E-state index is 0.184. The van der Waals surface area contributed by atoms with Crippen molar-refractivity contribution in [3.63, 3.8) is 0 Å². The van der Waals surface area contributed by atoms with E-state index in [0.717, 1.165) is 32.8 Å². The number of likely N-dealkylation sites (N-methyl/N-ethyl adjacent to an activating group) is 1. The zero-order valence-corrected chi connectivity index (χ0v) is 11.7. The standard InChI is InChI=1S/C13H25N3O2/c1-4-16-12(10(2)3)8-15(13(16)17)7-11-9-18-6-5-14-11/h10-12,14H,4-9H2,1-3H3. The van der Waals surface area contributed by atoms with Crippen LogP contribution in [0.2, 0.25) is 0 Å². The molecule has 5 nitrogen and oxygen atoms in total. The van der Waals surface area contributed by atoms with Crippen LogP contribution in [0, 0.1) is 5.92 Å². The molecule has 2 atom stereocenters. The van der Waals surface area contributed by atoms with Crippen LogP contribution in [0.5, 0.6) is 0 Å². The molecule has 2 aliphatic rings. The van der Waals surface area contributed by atoms with Gasteiger partial charge in [-0.25, -0.2) is 4.79 Å². The van der Waals surface area contributed by atoms with Gasteiger partial charge in [-0.15, -0.1) is 0 Å². The maximum absolute atomic E-state index is 12.3. The molecule has 1 N–H and O–H groups in total. The van der Waals surface area contributed by atoms with Crippen molar-refractivity contribution >= 4 is 6.03 Å². The Morgan fingerprint density at radius 2 is 2.28 bits per heavy atom. The summed E-state index contributed by atoms with van der Waals surface area (Å²) in [6, 6.07) is 0.822. The Bertz CT molecular complexity index is 290. The molecule has 2 unspecified atom stereocenters. The summed E-state index contributed by atoms with van der Waals surface area (Å²) in [5.41, 5.74) is 0. The molecular formula is C13H25N3O2. The third-order valence-electron chi connectivity index (χ3n) is 3.87. The summed E-state index contributed by atoms with van der Waals surface area (Å²) < 4.78 is 5.44. The molecule has 18 heavy (non-hydrogen) atoms. The van der Waals surface area contributed by atoms with E-state index in [1.807, 2.05) is 9.80 Å². The zero-order chi connectivity index (χ0) is 13.1. The number of carbonyl (C=O) groups is 1. The maximum Gasteiger partial charge on any atom is 0.320 e. The fraction of sp³-hybridized carbons (Fsp3) is 0.923. The van der Waals surface area contributed by atoms with E-state index >= 15 is 0 Å². The number of nitrogens with one attached hydrogen (secondary N) is 1. The third-order valence-corrected chi connectivity index (χ3v) is 3.87. The summed E-state index contributed by atoms with van der Waals surface area (Å²) in [4.78, 5) is 16.3. The van der Waals surface area contributed by atoms with Crippen LogP contribution in [0.4, 0.5) is 4.79 Å². The van der Waals surface area contributed by atoms with Gasteiger partial charge in [0.2, 0.25) is 0 Å². The maximum atomic E-state index is 12.3. The number of hydrogen-bond acceptors (Lipinski definition) is 3. The fourth-order valence-corrected chi connectivity index (χ4v) is 2.82. The van der Waals surface area contributed by atoms with Crippen molar-refractivity contribution in [1.82, 2.24) is 15.1 Å². The van der Waals surface area contributed by atoms with E-state index in [0.29, 0.717) is 18.6 Å². The Morgan fingerprint density at radius 3 is 2.78 bits per heavy atom. The van der Waals surface area contributed by atoms with E-state index < -0.39 is 0 Å².